The molecule has 1 saturated heterocycles. The zero-order valence-electron chi connectivity index (χ0n) is 12.1. The van der Waals surface area contributed by atoms with Crippen LogP contribution in [0.1, 0.15) is 40.0 Å². The Bertz CT molecular complexity index is 340. The van der Waals surface area contributed by atoms with Crippen molar-refractivity contribution < 1.29 is 10.0 Å². The summed E-state index contributed by atoms with van der Waals surface area (Å²) in [5, 5.41) is 14.7. The lowest BCUT2D eigenvalue weighted by atomic mass is 9.85. The Hall–Kier alpha value is -1.30. The number of carbonyl (C=O) groups excluding carboxylic acids is 1. The first kappa shape index (κ1) is 15.8. The second kappa shape index (κ2) is 6.75. The molecule has 2 atom stereocenters. The smallest absolute Gasteiger partial charge is 0.233 e. The fraction of sp³-hybridized carbons (Fsp3) is 0.846. The van der Waals surface area contributed by atoms with Gasteiger partial charge in [0.15, 0.2) is 5.84 Å². The Morgan fingerprint density at radius 2 is 2.11 bits per heavy atom. The van der Waals surface area contributed by atoms with Gasteiger partial charge in [-0.2, -0.15) is 0 Å². The van der Waals surface area contributed by atoms with Crippen LogP contribution < -0.4 is 11.1 Å². The topological polar surface area (TPSA) is 91.0 Å². The number of amidine groups is 1. The van der Waals surface area contributed by atoms with Gasteiger partial charge in [-0.25, -0.2) is 0 Å². The number of likely N-dealkylation sites (tertiary alicyclic amines) is 1. The molecule has 1 aliphatic heterocycles. The Morgan fingerprint density at radius 3 is 2.58 bits per heavy atom. The third-order valence-corrected chi connectivity index (χ3v) is 3.99. The minimum absolute atomic E-state index is 0.0409. The third-order valence-electron chi connectivity index (χ3n) is 3.99. The number of nitrogens with two attached hydrogens (primary N) is 1. The highest BCUT2D eigenvalue weighted by atomic mass is 16.4. The molecule has 1 aliphatic rings. The van der Waals surface area contributed by atoms with Crippen LogP contribution >= 0.6 is 0 Å². The molecule has 0 aliphatic carbocycles. The molecule has 6 nitrogen and oxygen atoms in total. The average Bonchev–Trinajstić information content (AvgIpc) is 2.89. The largest absolute Gasteiger partial charge is 0.409 e. The minimum Gasteiger partial charge on any atom is -0.409 e. The van der Waals surface area contributed by atoms with E-state index in [1.807, 2.05) is 13.8 Å². The van der Waals surface area contributed by atoms with Crippen molar-refractivity contribution in [1.82, 2.24) is 10.2 Å². The van der Waals surface area contributed by atoms with E-state index in [-0.39, 0.29) is 17.8 Å². The molecule has 4 N–H and O–H groups in total. The lowest BCUT2D eigenvalue weighted by Crippen LogP contribution is -2.51. The SMILES string of the molecule is CCC(C)(C(=O)NC(C)CN1CCCC1)C(N)=NO. The van der Waals surface area contributed by atoms with E-state index in [1.54, 1.807) is 6.92 Å². The fourth-order valence-corrected chi connectivity index (χ4v) is 2.35. The van der Waals surface area contributed by atoms with Crippen molar-refractivity contribution in [1.29, 1.82) is 0 Å². The fourth-order valence-electron chi connectivity index (χ4n) is 2.35. The monoisotopic (exact) mass is 270 g/mol. The predicted molar refractivity (Wildman–Crippen MR) is 75.1 cm³/mol. The first-order valence-corrected chi connectivity index (χ1v) is 6.95. The molecule has 2 unspecified atom stereocenters. The molecule has 110 valence electrons. The lowest BCUT2D eigenvalue weighted by molar-refractivity contribution is -0.127. The molecular weight excluding hydrogens is 244 g/mol. The zero-order valence-corrected chi connectivity index (χ0v) is 12.1. The molecule has 0 aromatic rings. The minimum atomic E-state index is -0.950. The molecule has 0 aromatic heterocycles. The highest BCUT2D eigenvalue weighted by Crippen LogP contribution is 2.21. The van der Waals surface area contributed by atoms with Crippen LogP contribution in [0.3, 0.4) is 0 Å². The Kier molecular flexibility index (Phi) is 5.60. The van der Waals surface area contributed by atoms with Crippen molar-refractivity contribution in [3.05, 3.63) is 0 Å². The lowest BCUT2D eigenvalue weighted by Gasteiger charge is -2.28. The third kappa shape index (κ3) is 3.83. The molecule has 6 heteroatoms. The summed E-state index contributed by atoms with van der Waals surface area (Å²) >= 11 is 0. The predicted octanol–water partition coefficient (Wildman–Crippen LogP) is 0.750. The number of oxime groups is 1. The summed E-state index contributed by atoms with van der Waals surface area (Å²) in [6.45, 7) is 8.58. The van der Waals surface area contributed by atoms with Gasteiger partial charge in [0.1, 0.15) is 5.41 Å². The van der Waals surface area contributed by atoms with Crippen molar-refractivity contribution >= 4 is 11.7 Å². The Morgan fingerprint density at radius 1 is 1.53 bits per heavy atom. The highest BCUT2D eigenvalue weighted by Gasteiger charge is 2.37. The first-order valence-electron chi connectivity index (χ1n) is 6.95. The summed E-state index contributed by atoms with van der Waals surface area (Å²) in [7, 11) is 0. The maximum atomic E-state index is 12.3. The Balaban J connectivity index is 2.56. The van der Waals surface area contributed by atoms with Crippen LogP contribution in [0.15, 0.2) is 5.16 Å². The molecule has 0 bridgehead atoms. The van der Waals surface area contributed by atoms with E-state index in [4.69, 9.17) is 10.9 Å². The number of carbonyl (C=O) groups is 1. The molecule has 0 aromatic carbocycles. The van der Waals surface area contributed by atoms with E-state index in [2.05, 4.69) is 15.4 Å². The summed E-state index contributed by atoms with van der Waals surface area (Å²) in [5.41, 5.74) is 4.68. The van der Waals surface area contributed by atoms with E-state index < -0.39 is 5.41 Å². The molecule has 0 saturated carbocycles. The molecule has 1 rings (SSSR count). The standard InChI is InChI=1S/C13H26N4O2/c1-4-13(3,11(14)16-19)12(18)15-10(2)9-17-7-5-6-8-17/h10,19H,4-9H2,1-3H3,(H2,14,16)(H,15,18). The summed E-state index contributed by atoms with van der Waals surface area (Å²) < 4.78 is 0. The van der Waals surface area contributed by atoms with Gasteiger partial charge in [-0.05, 0) is 46.2 Å². The molecule has 1 heterocycles. The number of hydrogen-bond donors (Lipinski definition) is 3. The van der Waals surface area contributed by atoms with Gasteiger partial charge in [0.25, 0.3) is 0 Å². The number of hydrogen-bond acceptors (Lipinski definition) is 4. The normalized spacial score (nSPS) is 21.9. The van der Waals surface area contributed by atoms with Gasteiger partial charge in [-0.15, -0.1) is 0 Å². The van der Waals surface area contributed by atoms with Gasteiger partial charge in [0, 0.05) is 12.6 Å². The molecule has 0 spiro atoms. The van der Waals surface area contributed by atoms with Crippen molar-refractivity contribution in [2.45, 2.75) is 46.1 Å². The van der Waals surface area contributed by atoms with Gasteiger partial charge in [-0.1, -0.05) is 12.1 Å². The van der Waals surface area contributed by atoms with E-state index >= 15 is 0 Å². The van der Waals surface area contributed by atoms with Gasteiger partial charge in [-0.3, -0.25) is 4.79 Å². The maximum Gasteiger partial charge on any atom is 0.233 e. The van der Waals surface area contributed by atoms with Gasteiger partial charge in [0.05, 0.1) is 0 Å². The van der Waals surface area contributed by atoms with E-state index in [0.29, 0.717) is 6.42 Å². The zero-order chi connectivity index (χ0) is 14.5. The van der Waals surface area contributed by atoms with Crippen LogP contribution in [0.4, 0.5) is 0 Å². The molecule has 19 heavy (non-hydrogen) atoms. The van der Waals surface area contributed by atoms with Crippen LogP contribution in [0.5, 0.6) is 0 Å². The summed E-state index contributed by atoms with van der Waals surface area (Å²) in [5.74, 6) is -0.224. The second-order valence-corrected chi connectivity index (χ2v) is 5.55. The number of rotatable bonds is 6. The van der Waals surface area contributed by atoms with Crippen LogP contribution in [-0.2, 0) is 4.79 Å². The first-order chi connectivity index (χ1) is 8.93. The van der Waals surface area contributed by atoms with Gasteiger partial charge < -0.3 is 21.2 Å². The average molecular weight is 270 g/mol. The van der Waals surface area contributed by atoms with Gasteiger partial charge in [0.2, 0.25) is 5.91 Å². The summed E-state index contributed by atoms with van der Waals surface area (Å²) in [4.78, 5) is 14.6. The maximum absolute atomic E-state index is 12.3. The Labute approximate surface area is 115 Å². The van der Waals surface area contributed by atoms with Crippen LogP contribution in [-0.4, -0.2) is 47.5 Å². The number of nitrogens with one attached hydrogen (secondary N) is 1. The van der Waals surface area contributed by atoms with Crippen LogP contribution in [0, 0.1) is 5.41 Å². The molecular formula is C13H26N4O2. The van der Waals surface area contributed by atoms with Crippen molar-refractivity contribution in [3.63, 3.8) is 0 Å². The van der Waals surface area contributed by atoms with Crippen molar-refractivity contribution in [3.8, 4) is 0 Å². The highest BCUT2D eigenvalue weighted by molar-refractivity contribution is 6.06. The number of nitrogens with zero attached hydrogens (tertiary/aromatic N) is 2. The number of amides is 1. The summed E-state index contributed by atoms with van der Waals surface area (Å²) in [6.07, 6.45) is 2.96. The van der Waals surface area contributed by atoms with Crippen molar-refractivity contribution in [2.24, 2.45) is 16.3 Å². The van der Waals surface area contributed by atoms with E-state index in [1.165, 1.54) is 12.8 Å². The molecule has 1 amide bonds. The quantitative estimate of drug-likeness (QED) is 0.287. The van der Waals surface area contributed by atoms with Crippen LogP contribution in [0.2, 0.25) is 0 Å². The second-order valence-electron chi connectivity index (χ2n) is 5.55. The van der Waals surface area contributed by atoms with Gasteiger partial charge >= 0.3 is 0 Å². The van der Waals surface area contributed by atoms with Crippen LogP contribution in [0.25, 0.3) is 0 Å². The molecule has 0 radical (unpaired) electrons. The summed E-state index contributed by atoms with van der Waals surface area (Å²) in [6, 6.07) is 0.0583. The van der Waals surface area contributed by atoms with E-state index in [0.717, 1.165) is 19.6 Å². The van der Waals surface area contributed by atoms with E-state index in [9.17, 15) is 4.79 Å². The molecule has 1 fully saturated rings. The van der Waals surface area contributed by atoms with Crippen molar-refractivity contribution in [2.75, 3.05) is 19.6 Å².